The van der Waals surface area contributed by atoms with Crippen LogP contribution in [-0.4, -0.2) is 19.1 Å². The molecule has 1 atom stereocenters. The molecule has 17 heavy (non-hydrogen) atoms. The van der Waals surface area contributed by atoms with Gasteiger partial charge in [-0.2, -0.15) is 0 Å². The van der Waals surface area contributed by atoms with Crippen molar-refractivity contribution in [3.8, 4) is 0 Å². The van der Waals surface area contributed by atoms with E-state index in [9.17, 15) is 0 Å². The first-order chi connectivity index (χ1) is 7.90. The molecule has 0 amide bonds. The van der Waals surface area contributed by atoms with Crippen molar-refractivity contribution in [2.75, 3.05) is 18.0 Å². The summed E-state index contributed by atoms with van der Waals surface area (Å²) in [6.45, 7) is 8.63. The average Bonchev–Trinajstić information content (AvgIpc) is 2.25. The van der Waals surface area contributed by atoms with Crippen molar-refractivity contribution < 1.29 is 0 Å². The zero-order valence-corrected chi connectivity index (χ0v) is 11.6. The third-order valence-corrected chi connectivity index (χ3v) is 4.06. The Labute approximate surface area is 109 Å². The van der Waals surface area contributed by atoms with E-state index in [-0.39, 0.29) is 5.41 Å². The van der Waals surface area contributed by atoms with Crippen LogP contribution in [0, 0.1) is 12.3 Å². The van der Waals surface area contributed by atoms with E-state index in [1.165, 1.54) is 11.3 Å². The van der Waals surface area contributed by atoms with Gasteiger partial charge in [-0.1, -0.05) is 31.5 Å². The molecule has 3 heteroatoms. The fourth-order valence-electron chi connectivity index (χ4n) is 2.50. The Bertz CT molecular complexity index is 415. The lowest BCUT2D eigenvalue weighted by atomic mass is 9.79. The second-order valence-corrected chi connectivity index (χ2v) is 6.17. The van der Waals surface area contributed by atoms with Crippen LogP contribution in [0.4, 0.5) is 5.69 Å². The molecule has 0 aliphatic carbocycles. The third kappa shape index (κ3) is 2.58. The molecule has 1 saturated heterocycles. The molecule has 1 aliphatic rings. The van der Waals surface area contributed by atoms with Gasteiger partial charge < -0.3 is 10.6 Å². The summed E-state index contributed by atoms with van der Waals surface area (Å²) < 4.78 is 0. The van der Waals surface area contributed by atoms with Crippen LogP contribution in [0.2, 0.25) is 5.02 Å². The third-order valence-electron chi connectivity index (χ3n) is 3.82. The molecule has 0 saturated carbocycles. The predicted octanol–water partition coefficient (Wildman–Crippen LogP) is 3.21. The van der Waals surface area contributed by atoms with Crippen LogP contribution in [0.15, 0.2) is 18.2 Å². The normalized spacial score (nSPS) is 23.8. The minimum Gasteiger partial charge on any atom is -0.371 e. The predicted molar refractivity (Wildman–Crippen MR) is 74.8 cm³/mol. The lowest BCUT2D eigenvalue weighted by Crippen LogP contribution is -2.52. The summed E-state index contributed by atoms with van der Waals surface area (Å²) in [4.78, 5) is 2.41. The fourth-order valence-corrected chi connectivity index (χ4v) is 2.67. The van der Waals surface area contributed by atoms with Gasteiger partial charge in [-0.3, -0.25) is 0 Å². The van der Waals surface area contributed by atoms with E-state index in [4.69, 9.17) is 17.3 Å². The second-order valence-electron chi connectivity index (χ2n) is 5.74. The lowest BCUT2D eigenvalue weighted by molar-refractivity contribution is 0.245. The molecule has 2 nitrogen and oxygen atoms in total. The number of hydrogen-bond donors (Lipinski definition) is 1. The monoisotopic (exact) mass is 252 g/mol. The first-order valence-corrected chi connectivity index (χ1v) is 6.54. The van der Waals surface area contributed by atoms with Crippen LogP contribution >= 0.6 is 11.6 Å². The Morgan fingerprint density at radius 1 is 1.41 bits per heavy atom. The van der Waals surface area contributed by atoms with Gasteiger partial charge in [0.15, 0.2) is 0 Å². The van der Waals surface area contributed by atoms with Crippen molar-refractivity contribution >= 4 is 17.3 Å². The largest absolute Gasteiger partial charge is 0.371 e. The molecule has 1 heterocycles. The van der Waals surface area contributed by atoms with E-state index in [1.54, 1.807) is 0 Å². The van der Waals surface area contributed by atoms with Gasteiger partial charge in [0, 0.05) is 29.8 Å². The molecule has 2 rings (SSSR count). The number of benzene rings is 1. The molecule has 0 spiro atoms. The van der Waals surface area contributed by atoms with Gasteiger partial charge in [0.1, 0.15) is 0 Å². The molecular formula is C14H21ClN2. The van der Waals surface area contributed by atoms with E-state index >= 15 is 0 Å². The number of hydrogen-bond acceptors (Lipinski definition) is 2. The smallest absolute Gasteiger partial charge is 0.0426 e. The Morgan fingerprint density at radius 2 is 2.12 bits per heavy atom. The van der Waals surface area contributed by atoms with Gasteiger partial charge in [-0.15, -0.1) is 0 Å². The van der Waals surface area contributed by atoms with Crippen LogP contribution in [0.25, 0.3) is 0 Å². The zero-order chi connectivity index (χ0) is 12.6. The summed E-state index contributed by atoms with van der Waals surface area (Å²) in [5.74, 6) is 0. The van der Waals surface area contributed by atoms with E-state index < -0.39 is 0 Å². The van der Waals surface area contributed by atoms with Gasteiger partial charge in [0.05, 0.1) is 0 Å². The number of nitrogens with zero attached hydrogens (tertiary/aromatic N) is 1. The van der Waals surface area contributed by atoms with Crippen molar-refractivity contribution in [1.82, 2.24) is 0 Å². The van der Waals surface area contributed by atoms with Gasteiger partial charge in [-0.05, 0) is 36.5 Å². The zero-order valence-electron chi connectivity index (χ0n) is 10.8. The number of rotatable bonds is 1. The Balaban J connectivity index is 2.26. The fraction of sp³-hybridized carbons (Fsp3) is 0.571. The highest BCUT2D eigenvalue weighted by Crippen LogP contribution is 2.33. The number of aryl methyl sites for hydroxylation is 1. The van der Waals surface area contributed by atoms with Gasteiger partial charge in [0.25, 0.3) is 0 Å². The van der Waals surface area contributed by atoms with Crippen molar-refractivity contribution in [1.29, 1.82) is 0 Å². The van der Waals surface area contributed by atoms with Crippen molar-refractivity contribution in [2.45, 2.75) is 33.2 Å². The van der Waals surface area contributed by atoms with Crippen LogP contribution in [0.3, 0.4) is 0 Å². The highest BCUT2D eigenvalue weighted by atomic mass is 35.5. The lowest BCUT2D eigenvalue weighted by Gasteiger charge is -2.44. The van der Waals surface area contributed by atoms with Crippen LogP contribution in [0.1, 0.15) is 25.8 Å². The molecule has 0 radical (unpaired) electrons. The Morgan fingerprint density at radius 3 is 2.76 bits per heavy atom. The maximum atomic E-state index is 6.17. The van der Waals surface area contributed by atoms with Crippen LogP contribution < -0.4 is 10.6 Å². The van der Waals surface area contributed by atoms with E-state index in [0.717, 1.165) is 24.5 Å². The maximum absolute atomic E-state index is 6.17. The summed E-state index contributed by atoms with van der Waals surface area (Å²) in [5, 5.41) is 0.804. The number of piperidine rings is 1. The highest BCUT2D eigenvalue weighted by molar-refractivity contribution is 6.30. The molecular weight excluding hydrogens is 232 g/mol. The Kier molecular flexibility index (Phi) is 3.37. The molecule has 94 valence electrons. The maximum Gasteiger partial charge on any atom is 0.0426 e. The van der Waals surface area contributed by atoms with Gasteiger partial charge in [0.2, 0.25) is 0 Å². The number of halogens is 1. The van der Waals surface area contributed by atoms with Crippen molar-refractivity contribution in [3.05, 3.63) is 28.8 Å². The summed E-state index contributed by atoms with van der Waals surface area (Å²) in [7, 11) is 0. The SMILES string of the molecule is Cc1ccc(Cl)cc1N1CCC(N)C(C)(C)C1. The van der Waals surface area contributed by atoms with E-state index in [1.807, 2.05) is 6.07 Å². The van der Waals surface area contributed by atoms with Crippen LogP contribution in [0.5, 0.6) is 0 Å². The molecule has 1 fully saturated rings. The average molecular weight is 253 g/mol. The molecule has 2 N–H and O–H groups in total. The van der Waals surface area contributed by atoms with Crippen LogP contribution in [-0.2, 0) is 0 Å². The second kappa shape index (κ2) is 4.51. The number of nitrogens with two attached hydrogens (primary N) is 1. The molecule has 1 aromatic carbocycles. The minimum absolute atomic E-state index is 0.160. The molecule has 0 bridgehead atoms. The molecule has 1 aliphatic heterocycles. The summed E-state index contributed by atoms with van der Waals surface area (Å²) in [5.41, 5.74) is 8.85. The summed E-state index contributed by atoms with van der Waals surface area (Å²) in [6.07, 6.45) is 1.04. The molecule has 1 unspecified atom stereocenters. The molecule has 0 aromatic heterocycles. The Hall–Kier alpha value is -0.730. The molecule has 1 aromatic rings. The van der Waals surface area contributed by atoms with E-state index in [2.05, 4.69) is 37.8 Å². The first-order valence-electron chi connectivity index (χ1n) is 6.17. The topological polar surface area (TPSA) is 29.3 Å². The highest BCUT2D eigenvalue weighted by Gasteiger charge is 2.33. The van der Waals surface area contributed by atoms with Crippen molar-refractivity contribution in [2.24, 2.45) is 11.1 Å². The summed E-state index contributed by atoms with van der Waals surface area (Å²) in [6, 6.07) is 6.38. The first kappa shape index (κ1) is 12.7. The minimum atomic E-state index is 0.160. The van der Waals surface area contributed by atoms with E-state index in [0.29, 0.717) is 6.04 Å². The summed E-state index contributed by atoms with van der Waals surface area (Å²) >= 11 is 6.08. The van der Waals surface area contributed by atoms with Gasteiger partial charge >= 0.3 is 0 Å². The van der Waals surface area contributed by atoms with Crippen molar-refractivity contribution in [3.63, 3.8) is 0 Å². The number of anilines is 1. The quantitative estimate of drug-likeness (QED) is 0.832. The standard InChI is InChI=1S/C14H21ClN2/c1-10-4-5-11(15)8-12(10)17-7-6-13(16)14(2,3)9-17/h4-5,8,13H,6-7,9,16H2,1-3H3. The van der Waals surface area contributed by atoms with Gasteiger partial charge in [-0.25, -0.2) is 0 Å².